The molecule has 0 atom stereocenters. The van der Waals surface area contributed by atoms with E-state index in [1.807, 2.05) is 6.07 Å². The first-order chi connectivity index (χ1) is 13.5. The Morgan fingerprint density at radius 1 is 0.929 bits per heavy atom. The molecule has 0 heterocycles. The molecule has 3 rings (SSSR count). The molecule has 0 saturated heterocycles. The highest BCUT2D eigenvalue weighted by Gasteiger charge is 2.08. The molecule has 3 aromatic carbocycles. The molecule has 142 valence electrons. The van der Waals surface area contributed by atoms with E-state index in [9.17, 15) is 14.0 Å². The van der Waals surface area contributed by atoms with Crippen molar-refractivity contribution in [1.29, 1.82) is 0 Å². The minimum atomic E-state index is -0.421. The van der Waals surface area contributed by atoms with Crippen molar-refractivity contribution in [2.75, 3.05) is 17.2 Å². The highest BCUT2D eigenvalue weighted by molar-refractivity contribution is 6.04. The number of amides is 2. The topological polar surface area (TPSA) is 67.4 Å². The van der Waals surface area contributed by atoms with E-state index in [1.54, 1.807) is 61.5 Å². The Labute approximate surface area is 162 Å². The number of benzene rings is 3. The van der Waals surface area contributed by atoms with E-state index in [0.29, 0.717) is 22.7 Å². The molecule has 0 aromatic heterocycles. The normalized spacial score (nSPS) is 10.2. The molecule has 28 heavy (non-hydrogen) atoms. The third-order valence-corrected chi connectivity index (χ3v) is 3.99. The molecule has 0 aliphatic rings. The fraction of sp³-hybridized carbons (Fsp3) is 0.0909. The van der Waals surface area contributed by atoms with Crippen molar-refractivity contribution in [3.8, 4) is 5.75 Å². The summed E-state index contributed by atoms with van der Waals surface area (Å²) in [5.74, 6) is -0.548. The van der Waals surface area contributed by atoms with E-state index in [0.717, 1.165) is 5.56 Å². The summed E-state index contributed by atoms with van der Waals surface area (Å²) in [7, 11) is 0. The average Bonchev–Trinajstić information content (AvgIpc) is 2.71. The number of ether oxygens (including phenoxy) is 1. The second-order valence-corrected chi connectivity index (χ2v) is 6.14. The molecule has 0 aliphatic heterocycles. The second-order valence-electron chi connectivity index (χ2n) is 6.14. The number of carbonyl (C=O) groups excluding carboxylic acids is 2. The molecular weight excluding hydrogens is 359 g/mol. The van der Waals surface area contributed by atoms with Gasteiger partial charge in [0.05, 0.1) is 0 Å². The Balaban J connectivity index is 1.52. The van der Waals surface area contributed by atoms with Crippen LogP contribution in [0.25, 0.3) is 0 Å². The fourth-order valence-electron chi connectivity index (χ4n) is 2.49. The van der Waals surface area contributed by atoms with Crippen molar-refractivity contribution in [1.82, 2.24) is 0 Å². The molecule has 5 nitrogen and oxygen atoms in total. The smallest absolute Gasteiger partial charge is 0.262 e. The van der Waals surface area contributed by atoms with Gasteiger partial charge in [-0.1, -0.05) is 24.3 Å². The van der Waals surface area contributed by atoms with Gasteiger partial charge in [0.2, 0.25) is 0 Å². The van der Waals surface area contributed by atoms with Crippen LogP contribution in [0.2, 0.25) is 0 Å². The number of aryl methyl sites for hydroxylation is 1. The van der Waals surface area contributed by atoms with E-state index in [1.165, 1.54) is 12.1 Å². The minimum absolute atomic E-state index is 0.209. The van der Waals surface area contributed by atoms with Crippen molar-refractivity contribution < 1.29 is 18.7 Å². The Bertz CT molecular complexity index is 973. The number of rotatable bonds is 6. The third-order valence-electron chi connectivity index (χ3n) is 3.99. The van der Waals surface area contributed by atoms with E-state index >= 15 is 0 Å². The van der Waals surface area contributed by atoms with Crippen molar-refractivity contribution in [2.45, 2.75) is 6.92 Å². The van der Waals surface area contributed by atoms with Crippen LogP contribution in [0.1, 0.15) is 15.9 Å². The number of hydrogen-bond donors (Lipinski definition) is 2. The summed E-state index contributed by atoms with van der Waals surface area (Å²) >= 11 is 0. The summed E-state index contributed by atoms with van der Waals surface area (Å²) in [5, 5.41) is 5.40. The quantitative estimate of drug-likeness (QED) is 0.668. The summed E-state index contributed by atoms with van der Waals surface area (Å²) in [6.45, 7) is 1.56. The summed E-state index contributed by atoms with van der Waals surface area (Å²) in [6, 6.07) is 19.8. The monoisotopic (exact) mass is 378 g/mol. The summed E-state index contributed by atoms with van der Waals surface area (Å²) in [5.41, 5.74) is 2.34. The second kappa shape index (κ2) is 8.81. The first-order valence-electron chi connectivity index (χ1n) is 8.66. The summed E-state index contributed by atoms with van der Waals surface area (Å²) in [6.07, 6.45) is 0. The molecule has 0 radical (unpaired) electrons. The zero-order valence-corrected chi connectivity index (χ0v) is 15.2. The minimum Gasteiger partial charge on any atom is -0.484 e. The number of hydrogen-bond acceptors (Lipinski definition) is 3. The van der Waals surface area contributed by atoms with Gasteiger partial charge in [0, 0.05) is 16.9 Å². The van der Waals surface area contributed by atoms with Crippen LogP contribution in [0.4, 0.5) is 15.8 Å². The van der Waals surface area contributed by atoms with Crippen LogP contribution in [0.3, 0.4) is 0 Å². The Hall–Kier alpha value is -3.67. The van der Waals surface area contributed by atoms with Gasteiger partial charge >= 0.3 is 0 Å². The van der Waals surface area contributed by atoms with Gasteiger partial charge in [-0.3, -0.25) is 9.59 Å². The predicted octanol–water partition coefficient (Wildman–Crippen LogP) is 4.40. The Morgan fingerprint density at radius 2 is 1.64 bits per heavy atom. The number of carbonyl (C=O) groups is 2. The van der Waals surface area contributed by atoms with Crippen molar-refractivity contribution in [3.63, 3.8) is 0 Å². The largest absolute Gasteiger partial charge is 0.484 e. The number of anilines is 2. The van der Waals surface area contributed by atoms with E-state index in [-0.39, 0.29) is 12.5 Å². The number of halogens is 1. The lowest BCUT2D eigenvalue weighted by molar-refractivity contribution is -0.118. The van der Waals surface area contributed by atoms with Gasteiger partial charge in [-0.05, 0) is 61.0 Å². The molecule has 0 bridgehead atoms. The molecule has 0 aliphatic carbocycles. The lowest BCUT2D eigenvalue weighted by Gasteiger charge is -2.10. The highest BCUT2D eigenvalue weighted by atomic mass is 19.1. The molecular formula is C22H19FN2O3. The van der Waals surface area contributed by atoms with Gasteiger partial charge in [-0.2, -0.15) is 0 Å². The first kappa shape index (κ1) is 19.1. The summed E-state index contributed by atoms with van der Waals surface area (Å²) < 4.78 is 18.7. The van der Waals surface area contributed by atoms with Crippen LogP contribution in [0.15, 0.2) is 72.8 Å². The molecule has 6 heteroatoms. The molecule has 0 unspecified atom stereocenters. The molecule has 0 fully saturated rings. The molecule has 0 spiro atoms. The van der Waals surface area contributed by atoms with Gasteiger partial charge in [-0.15, -0.1) is 0 Å². The lowest BCUT2D eigenvalue weighted by atomic mass is 10.2. The van der Waals surface area contributed by atoms with Gasteiger partial charge in [-0.25, -0.2) is 4.39 Å². The lowest BCUT2D eigenvalue weighted by Crippen LogP contribution is -2.20. The van der Waals surface area contributed by atoms with Gasteiger partial charge < -0.3 is 15.4 Å². The van der Waals surface area contributed by atoms with E-state index in [2.05, 4.69) is 10.6 Å². The predicted molar refractivity (Wildman–Crippen MR) is 106 cm³/mol. The third kappa shape index (κ3) is 5.17. The van der Waals surface area contributed by atoms with E-state index in [4.69, 9.17) is 4.74 Å². The van der Waals surface area contributed by atoms with Crippen LogP contribution in [0, 0.1) is 12.7 Å². The van der Waals surface area contributed by atoms with Crippen LogP contribution >= 0.6 is 0 Å². The first-order valence-corrected chi connectivity index (χ1v) is 8.66. The molecule has 3 aromatic rings. The highest BCUT2D eigenvalue weighted by Crippen LogP contribution is 2.18. The number of nitrogens with one attached hydrogen (secondary N) is 2. The molecule has 2 N–H and O–H groups in total. The van der Waals surface area contributed by atoms with Crippen LogP contribution in [-0.4, -0.2) is 18.4 Å². The Morgan fingerprint density at radius 3 is 2.36 bits per heavy atom. The fourth-order valence-corrected chi connectivity index (χ4v) is 2.49. The SMILES string of the molecule is Cc1ccc(F)cc1NC(=O)COc1ccc(NC(=O)c2ccccc2)cc1. The zero-order valence-electron chi connectivity index (χ0n) is 15.2. The van der Waals surface area contributed by atoms with Crippen molar-refractivity contribution in [3.05, 3.63) is 89.7 Å². The Kier molecular flexibility index (Phi) is 6.01. The molecule has 0 saturated carbocycles. The maximum Gasteiger partial charge on any atom is 0.262 e. The average molecular weight is 378 g/mol. The van der Waals surface area contributed by atoms with Gasteiger partial charge in [0.15, 0.2) is 6.61 Å². The van der Waals surface area contributed by atoms with Crippen molar-refractivity contribution >= 4 is 23.2 Å². The van der Waals surface area contributed by atoms with Crippen LogP contribution in [-0.2, 0) is 4.79 Å². The zero-order chi connectivity index (χ0) is 19.9. The summed E-state index contributed by atoms with van der Waals surface area (Å²) in [4.78, 5) is 24.1. The maximum atomic E-state index is 13.3. The maximum absolute atomic E-state index is 13.3. The standard InChI is InChI=1S/C22H19FN2O3/c1-15-7-8-17(23)13-20(15)25-21(26)14-28-19-11-9-18(10-12-19)24-22(27)16-5-3-2-4-6-16/h2-13H,14H2,1H3,(H,24,27)(H,25,26). The van der Waals surface area contributed by atoms with Crippen LogP contribution < -0.4 is 15.4 Å². The molecule has 2 amide bonds. The van der Waals surface area contributed by atoms with Crippen LogP contribution in [0.5, 0.6) is 5.75 Å². The van der Waals surface area contributed by atoms with Crippen molar-refractivity contribution in [2.24, 2.45) is 0 Å². The van der Waals surface area contributed by atoms with Gasteiger partial charge in [0.1, 0.15) is 11.6 Å². The van der Waals surface area contributed by atoms with Gasteiger partial charge in [0.25, 0.3) is 11.8 Å². The van der Waals surface area contributed by atoms with E-state index < -0.39 is 11.7 Å².